The van der Waals surface area contributed by atoms with Gasteiger partial charge in [-0.3, -0.25) is 15.1 Å². The fourth-order valence-corrected chi connectivity index (χ4v) is 1.79. The molecule has 1 aromatic heterocycles. The molecule has 0 radical (unpaired) electrons. The molecular weight excluding hydrogens is 296 g/mol. The van der Waals surface area contributed by atoms with Gasteiger partial charge in [-0.25, -0.2) is 0 Å². The topological polar surface area (TPSA) is 90.2 Å². The number of anilines is 1. The zero-order valence-corrected chi connectivity index (χ0v) is 12.0. The highest BCUT2D eigenvalue weighted by Crippen LogP contribution is 2.37. The third-order valence-electron chi connectivity index (χ3n) is 2.52. The number of halogens is 1. The fraction of sp³-hybridized carbons (Fsp3) is 0.231. The lowest BCUT2D eigenvalue weighted by Crippen LogP contribution is -2.03. The van der Waals surface area contributed by atoms with Crippen molar-refractivity contribution in [3.8, 4) is 11.6 Å². The summed E-state index contributed by atoms with van der Waals surface area (Å²) in [5, 5.41) is 14.2. The molecule has 1 aromatic carbocycles. The molecule has 0 saturated heterocycles. The molecule has 0 fully saturated rings. The SMILES string of the molecule is CCCNc1cncc(Oc2c(Cl)cccc2[N+](=O)[O-])n1. The van der Waals surface area contributed by atoms with Gasteiger partial charge >= 0.3 is 5.69 Å². The summed E-state index contributed by atoms with van der Waals surface area (Å²) in [6.45, 7) is 2.76. The van der Waals surface area contributed by atoms with Gasteiger partial charge in [0.05, 0.1) is 22.3 Å². The molecule has 8 heteroatoms. The maximum atomic E-state index is 11.0. The van der Waals surface area contributed by atoms with Gasteiger partial charge in [-0.15, -0.1) is 0 Å². The lowest BCUT2D eigenvalue weighted by molar-refractivity contribution is -0.385. The van der Waals surface area contributed by atoms with E-state index in [-0.39, 0.29) is 22.3 Å². The second kappa shape index (κ2) is 6.85. The van der Waals surface area contributed by atoms with Crippen molar-refractivity contribution in [3.05, 3.63) is 45.7 Å². The summed E-state index contributed by atoms with van der Waals surface area (Å²) in [4.78, 5) is 18.6. The number of para-hydroxylation sites is 1. The molecule has 0 bridgehead atoms. The molecule has 0 atom stereocenters. The Morgan fingerprint density at radius 2 is 2.24 bits per heavy atom. The number of hydrogen-bond acceptors (Lipinski definition) is 6. The molecule has 7 nitrogen and oxygen atoms in total. The number of ether oxygens (including phenoxy) is 1. The quantitative estimate of drug-likeness (QED) is 0.647. The zero-order chi connectivity index (χ0) is 15.2. The van der Waals surface area contributed by atoms with Crippen LogP contribution in [0.25, 0.3) is 0 Å². The number of hydrogen-bond donors (Lipinski definition) is 1. The minimum absolute atomic E-state index is 0.0499. The van der Waals surface area contributed by atoms with E-state index in [4.69, 9.17) is 16.3 Å². The van der Waals surface area contributed by atoms with Gasteiger partial charge in [0.2, 0.25) is 11.6 Å². The molecule has 0 aliphatic rings. The molecular formula is C13H13ClN4O3. The molecule has 110 valence electrons. The fourth-order valence-electron chi connectivity index (χ4n) is 1.58. The highest BCUT2D eigenvalue weighted by atomic mass is 35.5. The van der Waals surface area contributed by atoms with Crippen LogP contribution in [-0.2, 0) is 0 Å². The van der Waals surface area contributed by atoms with Crippen LogP contribution >= 0.6 is 11.6 Å². The third kappa shape index (κ3) is 3.79. The van der Waals surface area contributed by atoms with E-state index < -0.39 is 4.92 Å². The number of rotatable bonds is 6. The summed E-state index contributed by atoms with van der Waals surface area (Å²) in [5.41, 5.74) is -0.226. The summed E-state index contributed by atoms with van der Waals surface area (Å²) >= 11 is 5.95. The second-order valence-corrected chi connectivity index (χ2v) is 4.52. The Labute approximate surface area is 126 Å². The first-order chi connectivity index (χ1) is 10.1. The molecule has 0 aliphatic heterocycles. The van der Waals surface area contributed by atoms with Crippen LogP contribution in [0.15, 0.2) is 30.6 Å². The molecule has 21 heavy (non-hydrogen) atoms. The normalized spacial score (nSPS) is 10.2. The van der Waals surface area contributed by atoms with Crippen LogP contribution < -0.4 is 10.1 Å². The van der Waals surface area contributed by atoms with Crippen molar-refractivity contribution >= 4 is 23.1 Å². The van der Waals surface area contributed by atoms with Crippen LogP contribution in [0.4, 0.5) is 11.5 Å². The van der Waals surface area contributed by atoms with Gasteiger partial charge in [-0.05, 0) is 12.5 Å². The second-order valence-electron chi connectivity index (χ2n) is 4.12. The van der Waals surface area contributed by atoms with Gasteiger partial charge in [0, 0.05) is 12.6 Å². The van der Waals surface area contributed by atoms with Crippen LogP contribution in [0.2, 0.25) is 5.02 Å². The Balaban J connectivity index is 2.28. The monoisotopic (exact) mass is 308 g/mol. The first-order valence-electron chi connectivity index (χ1n) is 6.28. The predicted molar refractivity (Wildman–Crippen MR) is 79.0 cm³/mol. The number of aromatic nitrogens is 2. The van der Waals surface area contributed by atoms with E-state index in [9.17, 15) is 10.1 Å². The van der Waals surface area contributed by atoms with Crippen LogP contribution in [0.3, 0.4) is 0 Å². The van der Waals surface area contributed by atoms with Gasteiger partial charge in [0.25, 0.3) is 0 Å². The smallest absolute Gasteiger partial charge is 0.313 e. The maximum Gasteiger partial charge on any atom is 0.313 e. The van der Waals surface area contributed by atoms with Crippen molar-refractivity contribution in [1.29, 1.82) is 0 Å². The highest BCUT2D eigenvalue weighted by Gasteiger charge is 2.19. The van der Waals surface area contributed by atoms with Gasteiger partial charge in [0.1, 0.15) is 5.82 Å². The molecule has 0 spiro atoms. The van der Waals surface area contributed by atoms with Crippen LogP contribution in [0, 0.1) is 10.1 Å². The zero-order valence-electron chi connectivity index (χ0n) is 11.2. The van der Waals surface area contributed by atoms with Crippen molar-refractivity contribution in [3.63, 3.8) is 0 Å². The summed E-state index contributed by atoms with van der Waals surface area (Å²) < 4.78 is 5.43. The summed E-state index contributed by atoms with van der Waals surface area (Å²) in [5.74, 6) is 0.613. The number of nitro groups is 1. The molecule has 0 amide bonds. The molecule has 2 rings (SSSR count). The van der Waals surface area contributed by atoms with Crippen molar-refractivity contribution in [2.24, 2.45) is 0 Å². The number of nitro benzene ring substituents is 1. The standard InChI is InChI=1S/C13H13ClN4O3/c1-2-6-16-11-7-15-8-12(17-11)21-13-9(14)4-3-5-10(13)18(19)20/h3-5,7-8H,2,6H2,1H3,(H,16,17). The molecule has 0 unspecified atom stereocenters. The van der Waals surface area contributed by atoms with E-state index in [0.717, 1.165) is 13.0 Å². The highest BCUT2D eigenvalue weighted by molar-refractivity contribution is 6.32. The Morgan fingerprint density at radius 1 is 1.43 bits per heavy atom. The predicted octanol–water partition coefficient (Wildman–Crippen LogP) is 3.65. The van der Waals surface area contributed by atoms with Gasteiger partial charge in [-0.2, -0.15) is 4.98 Å². The maximum absolute atomic E-state index is 11.0. The Kier molecular flexibility index (Phi) is 4.89. The Bertz CT molecular complexity index is 651. The van der Waals surface area contributed by atoms with Gasteiger partial charge in [-0.1, -0.05) is 24.6 Å². The van der Waals surface area contributed by atoms with E-state index in [1.54, 1.807) is 6.20 Å². The summed E-state index contributed by atoms with van der Waals surface area (Å²) in [6.07, 6.45) is 3.84. The Morgan fingerprint density at radius 3 is 2.95 bits per heavy atom. The van der Waals surface area contributed by atoms with Crippen molar-refractivity contribution < 1.29 is 9.66 Å². The molecule has 0 saturated carbocycles. The van der Waals surface area contributed by atoms with Gasteiger partial charge in [0.15, 0.2) is 0 Å². The van der Waals surface area contributed by atoms with E-state index in [1.807, 2.05) is 6.92 Å². The average molecular weight is 309 g/mol. The number of nitrogens with zero attached hydrogens (tertiary/aromatic N) is 3. The van der Waals surface area contributed by atoms with Crippen LogP contribution in [0.1, 0.15) is 13.3 Å². The molecule has 2 aromatic rings. The Hall–Kier alpha value is -2.41. The average Bonchev–Trinajstić information content (AvgIpc) is 2.47. The van der Waals surface area contributed by atoms with Crippen molar-refractivity contribution in [2.75, 3.05) is 11.9 Å². The number of benzene rings is 1. The third-order valence-corrected chi connectivity index (χ3v) is 2.82. The number of nitrogens with one attached hydrogen (secondary N) is 1. The van der Waals surface area contributed by atoms with E-state index in [2.05, 4.69) is 15.3 Å². The largest absolute Gasteiger partial charge is 0.429 e. The first kappa shape index (κ1) is 15.0. The first-order valence-corrected chi connectivity index (χ1v) is 6.66. The van der Waals surface area contributed by atoms with E-state index in [0.29, 0.717) is 5.82 Å². The minimum Gasteiger partial charge on any atom is -0.429 e. The van der Waals surface area contributed by atoms with E-state index >= 15 is 0 Å². The molecule has 0 aliphatic carbocycles. The van der Waals surface area contributed by atoms with Crippen LogP contribution in [0.5, 0.6) is 11.6 Å². The van der Waals surface area contributed by atoms with Gasteiger partial charge < -0.3 is 10.1 Å². The van der Waals surface area contributed by atoms with Crippen LogP contribution in [-0.4, -0.2) is 21.4 Å². The molecule has 1 heterocycles. The summed E-state index contributed by atoms with van der Waals surface area (Å²) in [6, 6.07) is 4.31. The minimum atomic E-state index is -0.562. The lowest BCUT2D eigenvalue weighted by Gasteiger charge is -2.08. The molecule has 1 N–H and O–H groups in total. The van der Waals surface area contributed by atoms with Crippen molar-refractivity contribution in [2.45, 2.75) is 13.3 Å². The van der Waals surface area contributed by atoms with E-state index in [1.165, 1.54) is 24.4 Å². The summed E-state index contributed by atoms with van der Waals surface area (Å²) in [7, 11) is 0. The lowest BCUT2D eigenvalue weighted by atomic mass is 10.3. The van der Waals surface area contributed by atoms with Crippen molar-refractivity contribution in [1.82, 2.24) is 9.97 Å².